The number of nitrogens with one attached hydrogen (secondary N) is 1. The van der Waals surface area contributed by atoms with Crippen LogP contribution in [0.2, 0.25) is 0 Å². The maximum absolute atomic E-state index is 13.5. The number of benzene rings is 2. The molecule has 2 heteroatoms. The highest BCUT2D eigenvalue weighted by Gasteiger charge is 2.14. The lowest BCUT2D eigenvalue weighted by Crippen LogP contribution is -2.22. The normalized spacial score (nSPS) is 12.4. The highest BCUT2D eigenvalue weighted by atomic mass is 19.1. The molecule has 21 heavy (non-hydrogen) atoms. The summed E-state index contributed by atoms with van der Waals surface area (Å²) >= 11 is 0. The Balaban J connectivity index is 2.37. The van der Waals surface area contributed by atoms with E-state index >= 15 is 0 Å². The van der Waals surface area contributed by atoms with Crippen LogP contribution in [0.5, 0.6) is 0 Å². The zero-order valence-electron chi connectivity index (χ0n) is 13.1. The summed E-state index contributed by atoms with van der Waals surface area (Å²) in [7, 11) is 0. The van der Waals surface area contributed by atoms with Gasteiger partial charge in [0.05, 0.1) is 6.04 Å². The van der Waals surface area contributed by atoms with Crippen LogP contribution in [0.25, 0.3) is 0 Å². The molecular formula is C19H24FN. The molecule has 0 spiro atoms. The molecule has 0 amide bonds. The van der Waals surface area contributed by atoms with Crippen molar-refractivity contribution in [2.24, 2.45) is 0 Å². The summed E-state index contributed by atoms with van der Waals surface area (Å²) in [5, 5.41) is 3.51. The predicted octanol–water partition coefficient (Wildman–Crippen LogP) is 4.79. The van der Waals surface area contributed by atoms with Crippen molar-refractivity contribution in [2.75, 3.05) is 6.54 Å². The van der Waals surface area contributed by atoms with Crippen molar-refractivity contribution in [3.63, 3.8) is 0 Å². The molecule has 0 heterocycles. The van der Waals surface area contributed by atoms with E-state index in [-0.39, 0.29) is 11.9 Å². The fourth-order valence-corrected chi connectivity index (χ4v) is 2.70. The van der Waals surface area contributed by atoms with E-state index in [9.17, 15) is 4.39 Å². The number of aryl methyl sites for hydroxylation is 2. The average molecular weight is 285 g/mol. The molecule has 0 aliphatic rings. The Hall–Kier alpha value is -1.67. The second-order valence-electron chi connectivity index (χ2n) is 5.49. The summed E-state index contributed by atoms with van der Waals surface area (Å²) in [6, 6.07) is 14.2. The second-order valence-corrected chi connectivity index (χ2v) is 5.49. The van der Waals surface area contributed by atoms with Crippen LogP contribution in [0.1, 0.15) is 48.6 Å². The van der Waals surface area contributed by atoms with E-state index in [0.717, 1.165) is 24.9 Å². The first-order valence-electron chi connectivity index (χ1n) is 7.74. The van der Waals surface area contributed by atoms with Gasteiger partial charge in [-0.05, 0) is 48.2 Å². The highest BCUT2D eigenvalue weighted by Crippen LogP contribution is 2.25. The molecule has 0 aliphatic carbocycles. The van der Waals surface area contributed by atoms with Gasteiger partial charge in [-0.15, -0.1) is 0 Å². The summed E-state index contributed by atoms with van der Waals surface area (Å²) in [5.41, 5.74) is 4.41. The van der Waals surface area contributed by atoms with Gasteiger partial charge in [-0.25, -0.2) is 4.39 Å². The van der Waals surface area contributed by atoms with Gasteiger partial charge in [0, 0.05) is 0 Å². The number of rotatable bonds is 6. The Morgan fingerprint density at radius 1 is 1.05 bits per heavy atom. The molecule has 0 aromatic heterocycles. The standard InChI is InChI=1S/C19H24FN/c1-4-7-15-8-6-9-16(13-15)19(21-5-2)17-10-11-18(20)14(3)12-17/h6,8-13,19,21H,4-5,7H2,1-3H3. The van der Waals surface area contributed by atoms with Crippen molar-refractivity contribution in [1.82, 2.24) is 5.32 Å². The van der Waals surface area contributed by atoms with E-state index in [1.54, 1.807) is 6.07 Å². The van der Waals surface area contributed by atoms with Crippen molar-refractivity contribution >= 4 is 0 Å². The van der Waals surface area contributed by atoms with Crippen LogP contribution in [-0.4, -0.2) is 6.54 Å². The molecule has 2 rings (SSSR count). The van der Waals surface area contributed by atoms with E-state index in [4.69, 9.17) is 0 Å². The highest BCUT2D eigenvalue weighted by molar-refractivity contribution is 5.36. The minimum atomic E-state index is -0.145. The number of halogens is 1. The van der Waals surface area contributed by atoms with Gasteiger partial charge in [0.25, 0.3) is 0 Å². The number of hydrogen-bond acceptors (Lipinski definition) is 1. The van der Waals surface area contributed by atoms with Gasteiger partial charge in [-0.1, -0.05) is 56.7 Å². The Bertz CT molecular complexity index is 592. The Morgan fingerprint density at radius 2 is 1.81 bits per heavy atom. The fraction of sp³-hybridized carbons (Fsp3) is 0.368. The summed E-state index contributed by atoms with van der Waals surface area (Å²) in [4.78, 5) is 0. The molecule has 0 aliphatic heterocycles. The minimum absolute atomic E-state index is 0.117. The molecule has 2 aromatic carbocycles. The number of hydrogen-bond donors (Lipinski definition) is 1. The summed E-state index contributed by atoms with van der Waals surface area (Å²) in [6.07, 6.45) is 2.24. The maximum atomic E-state index is 13.5. The predicted molar refractivity (Wildman–Crippen MR) is 87.1 cm³/mol. The SMILES string of the molecule is CCCc1cccc(C(NCC)c2ccc(F)c(C)c2)c1. The molecule has 0 fully saturated rings. The van der Waals surface area contributed by atoms with Gasteiger partial charge in [0.1, 0.15) is 5.82 Å². The van der Waals surface area contributed by atoms with Crippen LogP contribution in [0, 0.1) is 12.7 Å². The third kappa shape index (κ3) is 3.92. The van der Waals surface area contributed by atoms with E-state index in [2.05, 4.69) is 43.4 Å². The van der Waals surface area contributed by atoms with Crippen molar-refractivity contribution in [3.8, 4) is 0 Å². The Morgan fingerprint density at radius 3 is 2.48 bits per heavy atom. The molecule has 0 radical (unpaired) electrons. The minimum Gasteiger partial charge on any atom is -0.307 e. The van der Waals surface area contributed by atoms with Crippen LogP contribution < -0.4 is 5.32 Å². The molecule has 112 valence electrons. The van der Waals surface area contributed by atoms with Crippen molar-refractivity contribution in [1.29, 1.82) is 0 Å². The topological polar surface area (TPSA) is 12.0 Å². The Kier molecular flexibility index (Phi) is 5.51. The summed E-state index contributed by atoms with van der Waals surface area (Å²) in [5.74, 6) is -0.145. The smallest absolute Gasteiger partial charge is 0.126 e. The fourth-order valence-electron chi connectivity index (χ4n) is 2.70. The van der Waals surface area contributed by atoms with Gasteiger partial charge < -0.3 is 5.32 Å². The lowest BCUT2D eigenvalue weighted by atomic mass is 9.95. The molecule has 1 atom stereocenters. The van der Waals surface area contributed by atoms with Gasteiger partial charge in [0.2, 0.25) is 0 Å². The van der Waals surface area contributed by atoms with E-state index < -0.39 is 0 Å². The first-order chi connectivity index (χ1) is 10.2. The van der Waals surface area contributed by atoms with Crippen molar-refractivity contribution in [3.05, 3.63) is 70.5 Å². The van der Waals surface area contributed by atoms with Gasteiger partial charge in [-0.2, -0.15) is 0 Å². The first-order valence-corrected chi connectivity index (χ1v) is 7.74. The first kappa shape index (κ1) is 15.7. The second kappa shape index (κ2) is 7.37. The van der Waals surface area contributed by atoms with Crippen LogP contribution >= 0.6 is 0 Å². The van der Waals surface area contributed by atoms with Gasteiger partial charge in [0.15, 0.2) is 0 Å². The van der Waals surface area contributed by atoms with E-state index in [1.807, 2.05) is 19.1 Å². The third-order valence-corrected chi connectivity index (χ3v) is 3.75. The average Bonchev–Trinajstić information content (AvgIpc) is 2.48. The van der Waals surface area contributed by atoms with Gasteiger partial charge in [-0.3, -0.25) is 0 Å². The van der Waals surface area contributed by atoms with Crippen LogP contribution in [0.4, 0.5) is 4.39 Å². The largest absolute Gasteiger partial charge is 0.307 e. The van der Waals surface area contributed by atoms with E-state index in [1.165, 1.54) is 11.1 Å². The summed E-state index contributed by atoms with van der Waals surface area (Å²) < 4.78 is 13.5. The molecule has 1 nitrogen and oxygen atoms in total. The molecule has 0 saturated carbocycles. The van der Waals surface area contributed by atoms with Gasteiger partial charge >= 0.3 is 0 Å². The zero-order chi connectivity index (χ0) is 15.2. The molecule has 0 saturated heterocycles. The summed E-state index contributed by atoms with van der Waals surface area (Å²) in [6.45, 7) is 6.98. The van der Waals surface area contributed by atoms with Crippen molar-refractivity contribution < 1.29 is 4.39 Å². The molecule has 2 aromatic rings. The van der Waals surface area contributed by atoms with Crippen LogP contribution in [-0.2, 0) is 6.42 Å². The lowest BCUT2D eigenvalue weighted by molar-refractivity contribution is 0.606. The molecule has 1 unspecified atom stereocenters. The van der Waals surface area contributed by atoms with E-state index in [0.29, 0.717) is 5.56 Å². The molecular weight excluding hydrogens is 261 g/mol. The van der Waals surface area contributed by atoms with Crippen molar-refractivity contribution in [2.45, 2.75) is 39.7 Å². The van der Waals surface area contributed by atoms with Crippen LogP contribution in [0.3, 0.4) is 0 Å². The third-order valence-electron chi connectivity index (χ3n) is 3.75. The van der Waals surface area contributed by atoms with Crippen LogP contribution in [0.15, 0.2) is 42.5 Å². The zero-order valence-corrected chi connectivity index (χ0v) is 13.1. The molecule has 1 N–H and O–H groups in total. The lowest BCUT2D eigenvalue weighted by Gasteiger charge is -2.20. The Labute approximate surface area is 127 Å². The maximum Gasteiger partial charge on any atom is 0.126 e. The quantitative estimate of drug-likeness (QED) is 0.805. The molecule has 0 bridgehead atoms. The monoisotopic (exact) mass is 285 g/mol.